The Bertz CT molecular complexity index is 1010. The van der Waals surface area contributed by atoms with Gasteiger partial charge in [0, 0.05) is 12.8 Å². The summed E-state index contributed by atoms with van der Waals surface area (Å²) in [5.41, 5.74) is 0. The summed E-state index contributed by atoms with van der Waals surface area (Å²) in [6.45, 7) is 4.19. The van der Waals surface area contributed by atoms with Crippen molar-refractivity contribution in [1.82, 2.24) is 0 Å². The summed E-state index contributed by atoms with van der Waals surface area (Å²) in [5, 5.41) is 9.66. The first-order valence-corrected chi connectivity index (χ1v) is 29.9. The van der Waals surface area contributed by atoms with Gasteiger partial charge in [-0.05, 0) is 44.9 Å². The second-order valence-corrected chi connectivity index (χ2v) is 20.4. The minimum Gasteiger partial charge on any atom is -0.462 e. The van der Waals surface area contributed by atoms with Gasteiger partial charge in [0.15, 0.2) is 6.10 Å². The summed E-state index contributed by atoms with van der Waals surface area (Å²) >= 11 is 0. The topological polar surface area (TPSA) is 72.8 Å². The van der Waals surface area contributed by atoms with Crippen LogP contribution < -0.4 is 0 Å². The second-order valence-electron chi connectivity index (χ2n) is 20.4. The molecule has 0 aromatic heterocycles. The van der Waals surface area contributed by atoms with Crippen molar-refractivity contribution in [3.63, 3.8) is 0 Å². The van der Waals surface area contributed by atoms with Crippen LogP contribution in [0, 0.1) is 0 Å². The number of carbonyl (C=O) groups excluding carboxylic acids is 2. The summed E-state index contributed by atoms with van der Waals surface area (Å²) in [6, 6.07) is 0. The van der Waals surface area contributed by atoms with Gasteiger partial charge >= 0.3 is 11.9 Å². The van der Waals surface area contributed by atoms with Crippen LogP contribution in [-0.4, -0.2) is 36.4 Å². The molecule has 0 aliphatic heterocycles. The van der Waals surface area contributed by atoms with E-state index in [9.17, 15) is 14.7 Å². The molecule has 0 aromatic carbocycles. The number of ether oxygens (including phenoxy) is 2. The molecule has 1 atom stereocenters. The third kappa shape index (κ3) is 55.0. The van der Waals surface area contributed by atoms with Crippen LogP contribution in [0.5, 0.6) is 0 Å². The molecule has 66 heavy (non-hydrogen) atoms. The highest BCUT2D eigenvalue weighted by atomic mass is 16.6. The molecule has 1 unspecified atom stereocenters. The average molecular weight is 930 g/mol. The van der Waals surface area contributed by atoms with E-state index in [0.717, 1.165) is 38.5 Å². The van der Waals surface area contributed by atoms with Gasteiger partial charge in [0.05, 0.1) is 6.61 Å². The molecule has 0 aromatic rings. The van der Waals surface area contributed by atoms with Crippen LogP contribution in [0.25, 0.3) is 0 Å². The standard InChI is InChI=1S/C61H116O5/c1-3-5-7-9-11-13-15-17-19-21-23-25-27-28-29-30-31-32-34-36-38-40-42-44-46-48-50-52-54-56-61(64)66-59(57-62)58-65-60(63)55-53-51-49-47-45-43-41-39-37-35-33-26-24-22-20-18-16-14-12-10-8-6-4-2/h15,17,21,23,59,62H,3-14,16,18-20,22,24-58H2,1-2H3/b17-15-,23-21-. The van der Waals surface area contributed by atoms with E-state index in [0.29, 0.717) is 12.8 Å². The molecule has 5 heteroatoms. The summed E-state index contributed by atoms with van der Waals surface area (Å²) in [4.78, 5) is 24.5. The quantitative estimate of drug-likeness (QED) is 0.0374. The largest absolute Gasteiger partial charge is 0.462 e. The number of hydrogen-bond acceptors (Lipinski definition) is 5. The summed E-state index contributed by atoms with van der Waals surface area (Å²) < 4.78 is 10.7. The fourth-order valence-corrected chi connectivity index (χ4v) is 9.24. The van der Waals surface area contributed by atoms with Gasteiger partial charge in [0.1, 0.15) is 6.61 Å². The number of rotatable bonds is 56. The Hall–Kier alpha value is -1.62. The monoisotopic (exact) mass is 929 g/mol. The second kappa shape index (κ2) is 57.7. The minimum absolute atomic E-state index is 0.0585. The molecule has 0 radical (unpaired) electrons. The molecule has 5 nitrogen and oxygen atoms in total. The van der Waals surface area contributed by atoms with E-state index in [1.165, 1.54) is 270 Å². The first-order chi connectivity index (χ1) is 32.6. The van der Waals surface area contributed by atoms with Crippen molar-refractivity contribution in [2.45, 2.75) is 341 Å². The van der Waals surface area contributed by atoms with Gasteiger partial charge in [-0.3, -0.25) is 9.59 Å². The van der Waals surface area contributed by atoms with E-state index in [1.54, 1.807) is 0 Å². The smallest absolute Gasteiger partial charge is 0.306 e. The summed E-state index contributed by atoms with van der Waals surface area (Å²) in [5.74, 6) is -0.568. The normalized spacial score (nSPS) is 12.2. The molecule has 1 N–H and O–H groups in total. The molecular formula is C61H116O5. The van der Waals surface area contributed by atoms with E-state index < -0.39 is 6.10 Å². The fourth-order valence-electron chi connectivity index (χ4n) is 9.24. The van der Waals surface area contributed by atoms with E-state index in [2.05, 4.69) is 38.2 Å². The molecule has 0 saturated heterocycles. The van der Waals surface area contributed by atoms with Crippen molar-refractivity contribution in [3.05, 3.63) is 24.3 Å². The lowest BCUT2D eigenvalue weighted by molar-refractivity contribution is -0.161. The highest BCUT2D eigenvalue weighted by Crippen LogP contribution is 2.18. The molecule has 0 fully saturated rings. The molecule has 0 aliphatic carbocycles. The van der Waals surface area contributed by atoms with Crippen LogP contribution in [0.3, 0.4) is 0 Å². The maximum Gasteiger partial charge on any atom is 0.306 e. The molecule has 0 amide bonds. The van der Waals surface area contributed by atoms with Crippen LogP contribution in [0.4, 0.5) is 0 Å². The number of aliphatic hydroxyl groups excluding tert-OH is 1. The van der Waals surface area contributed by atoms with Crippen LogP contribution in [0.1, 0.15) is 335 Å². The number of unbranched alkanes of at least 4 members (excludes halogenated alkanes) is 44. The third-order valence-corrected chi connectivity index (χ3v) is 13.7. The first-order valence-electron chi connectivity index (χ1n) is 29.9. The molecule has 390 valence electrons. The highest BCUT2D eigenvalue weighted by molar-refractivity contribution is 5.70. The molecule has 0 saturated carbocycles. The number of carbonyl (C=O) groups is 2. The Morgan fingerprint density at radius 3 is 0.894 bits per heavy atom. The zero-order chi connectivity index (χ0) is 47.7. The zero-order valence-electron chi connectivity index (χ0n) is 44.7. The first kappa shape index (κ1) is 64.4. The lowest BCUT2D eigenvalue weighted by Crippen LogP contribution is -2.28. The van der Waals surface area contributed by atoms with Gasteiger partial charge in [-0.1, -0.05) is 301 Å². The van der Waals surface area contributed by atoms with Crippen molar-refractivity contribution < 1.29 is 24.2 Å². The Morgan fingerprint density at radius 2 is 0.606 bits per heavy atom. The number of allylic oxidation sites excluding steroid dienone is 4. The van der Waals surface area contributed by atoms with Gasteiger partial charge in [-0.15, -0.1) is 0 Å². The molecule has 0 rings (SSSR count). The maximum absolute atomic E-state index is 12.3. The van der Waals surface area contributed by atoms with E-state index >= 15 is 0 Å². The molecule has 0 spiro atoms. The molecule has 0 aliphatic rings. The predicted octanol–water partition coefficient (Wildman–Crippen LogP) is 20.1. The lowest BCUT2D eigenvalue weighted by Gasteiger charge is -2.15. The van der Waals surface area contributed by atoms with Crippen molar-refractivity contribution in [3.8, 4) is 0 Å². The Balaban J connectivity index is 3.41. The lowest BCUT2D eigenvalue weighted by atomic mass is 10.0. The molecular weight excluding hydrogens is 813 g/mol. The minimum atomic E-state index is -0.768. The zero-order valence-corrected chi connectivity index (χ0v) is 44.7. The van der Waals surface area contributed by atoms with E-state index in [4.69, 9.17) is 9.47 Å². The predicted molar refractivity (Wildman–Crippen MR) is 288 cm³/mol. The Kier molecular flexibility index (Phi) is 56.3. The highest BCUT2D eigenvalue weighted by Gasteiger charge is 2.16. The number of esters is 2. The third-order valence-electron chi connectivity index (χ3n) is 13.7. The van der Waals surface area contributed by atoms with Crippen LogP contribution >= 0.6 is 0 Å². The Labute approximate surface area is 413 Å². The molecule has 0 bridgehead atoms. The van der Waals surface area contributed by atoms with Crippen LogP contribution in [0.15, 0.2) is 24.3 Å². The van der Waals surface area contributed by atoms with Crippen molar-refractivity contribution >= 4 is 11.9 Å². The summed E-state index contributed by atoms with van der Waals surface area (Å²) in [7, 11) is 0. The van der Waals surface area contributed by atoms with Gasteiger partial charge in [-0.25, -0.2) is 0 Å². The van der Waals surface area contributed by atoms with Crippen LogP contribution in [-0.2, 0) is 19.1 Å². The van der Waals surface area contributed by atoms with Crippen LogP contribution in [0.2, 0.25) is 0 Å². The van der Waals surface area contributed by atoms with Gasteiger partial charge in [0.2, 0.25) is 0 Å². The average Bonchev–Trinajstić information content (AvgIpc) is 3.32. The van der Waals surface area contributed by atoms with Gasteiger partial charge in [0.25, 0.3) is 0 Å². The fraction of sp³-hybridized carbons (Fsp3) is 0.902. The van der Waals surface area contributed by atoms with E-state index in [1.807, 2.05) is 0 Å². The van der Waals surface area contributed by atoms with E-state index in [-0.39, 0.29) is 25.2 Å². The number of aliphatic hydroxyl groups is 1. The SMILES string of the molecule is CCCCCCC/C=C\C/C=C\CCCCCCCCCCCCCCCCCCCC(=O)OC(CO)COC(=O)CCCCCCCCCCCCCCCCCCCCCCCCC. The number of hydrogen-bond donors (Lipinski definition) is 1. The maximum atomic E-state index is 12.3. The van der Waals surface area contributed by atoms with Gasteiger partial charge < -0.3 is 14.6 Å². The summed E-state index contributed by atoms with van der Waals surface area (Å²) in [6.07, 6.45) is 73.1. The van der Waals surface area contributed by atoms with Crippen molar-refractivity contribution in [2.24, 2.45) is 0 Å². The van der Waals surface area contributed by atoms with Crippen molar-refractivity contribution in [1.29, 1.82) is 0 Å². The molecule has 0 heterocycles. The Morgan fingerprint density at radius 1 is 0.348 bits per heavy atom. The van der Waals surface area contributed by atoms with Gasteiger partial charge in [-0.2, -0.15) is 0 Å². The van der Waals surface area contributed by atoms with Crippen molar-refractivity contribution in [2.75, 3.05) is 13.2 Å².